The van der Waals surface area contributed by atoms with E-state index in [1.165, 1.54) is 24.3 Å². The second-order valence-electron chi connectivity index (χ2n) is 8.94. The molecule has 182 valence electrons. The monoisotopic (exact) mass is 483 g/mol. The molecule has 3 atom stereocenters. The molecule has 0 radical (unpaired) electrons. The van der Waals surface area contributed by atoms with Crippen LogP contribution in [-0.4, -0.2) is 11.3 Å². The number of anilines is 1. The van der Waals surface area contributed by atoms with Gasteiger partial charge in [-0.2, -0.15) is 0 Å². The first-order valence-electron chi connectivity index (χ1n) is 12.0. The van der Waals surface area contributed by atoms with Crippen LogP contribution in [0.15, 0.2) is 109 Å². The van der Waals surface area contributed by atoms with Crippen LogP contribution in [0.2, 0.25) is 0 Å². The molecule has 3 unspecified atom stereocenters. The van der Waals surface area contributed by atoms with Gasteiger partial charge in [0, 0.05) is 11.6 Å². The second kappa shape index (κ2) is 10.8. The third-order valence-corrected chi connectivity index (χ3v) is 6.56. The summed E-state index contributed by atoms with van der Waals surface area (Å²) in [6.07, 6.45) is 3.86. The maximum Gasteiger partial charge on any atom is 0.132 e. The number of aliphatic hydroxyl groups excluding tert-OH is 1. The fourth-order valence-electron chi connectivity index (χ4n) is 4.66. The van der Waals surface area contributed by atoms with E-state index in [9.17, 15) is 13.9 Å². The van der Waals surface area contributed by atoms with Crippen LogP contribution in [0, 0.1) is 17.6 Å². The number of benzene rings is 4. The number of halogens is 2. The Bertz CT molecular complexity index is 1290. The minimum atomic E-state index is -0.715. The summed E-state index contributed by atoms with van der Waals surface area (Å²) in [6, 6.07) is 30.3. The Morgan fingerprint density at radius 2 is 1.42 bits per heavy atom. The molecule has 4 aromatic rings. The summed E-state index contributed by atoms with van der Waals surface area (Å²) in [7, 11) is 0. The molecule has 0 aliphatic carbocycles. The van der Waals surface area contributed by atoms with Crippen molar-refractivity contribution in [3.05, 3.63) is 138 Å². The zero-order valence-corrected chi connectivity index (χ0v) is 19.7. The molecule has 0 saturated carbocycles. The van der Waals surface area contributed by atoms with E-state index < -0.39 is 6.23 Å². The van der Waals surface area contributed by atoms with E-state index in [0.717, 1.165) is 28.1 Å². The topological polar surface area (TPSA) is 32.7 Å². The Balaban J connectivity index is 1.33. The molecule has 36 heavy (non-hydrogen) atoms. The van der Waals surface area contributed by atoms with Gasteiger partial charge in [0.05, 0.1) is 6.04 Å². The predicted octanol–water partition coefficient (Wildman–Crippen LogP) is 7.14. The van der Waals surface area contributed by atoms with Gasteiger partial charge >= 0.3 is 0 Å². The Hall–Kier alpha value is -3.96. The van der Waals surface area contributed by atoms with E-state index >= 15 is 0 Å². The fourth-order valence-corrected chi connectivity index (χ4v) is 4.66. The molecule has 1 saturated heterocycles. The van der Waals surface area contributed by atoms with E-state index in [-0.39, 0.29) is 23.6 Å². The first kappa shape index (κ1) is 23.8. The van der Waals surface area contributed by atoms with Crippen molar-refractivity contribution in [1.82, 2.24) is 0 Å². The van der Waals surface area contributed by atoms with Crippen molar-refractivity contribution in [1.29, 1.82) is 0 Å². The summed E-state index contributed by atoms with van der Waals surface area (Å²) in [4.78, 5) is 1.91. The Kier molecular flexibility index (Phi) is 7.10. The molecule has 1 aliphatic heterocycles. The summed E-state index contributed by atoms with van der Waals surface area (Å²) >= 11 is 0. The normalized spacial score (nSPS) is 19.3. The highest BCUT2D eigenvalue weighted by atomic mass is 19.1. The van der Waals surface area contributed by atoms with Crippen LogP contribution in [0.4, 0.5) is 14.5 Å². The summed E-state index contributed by atoms with van der Waals surface area (Å²) in [5, 5.41) is 11.0. The predicted molar refractivity (Wildman–Crippen MR) is 138 cm³/mol. The number of allylic oxidation sites excluding steroid dienone is 1. The lowest BCUT2D eigenvalue weighted by Gasteiger charge is -2.54. The van der Waals surface area contributed by atoms with Gasteiger partial charge in [-0.15, -0.1) is 0 Å². The molecule has 0 spiro atoms. The quantitative estimate of drug-likeness (QED) is 0.289. The van der Waals surface area contributed by atoms with Crippen molar-refractivity contribution in [2.45, 2.75) is 25.3 Å². The molecular weight excluding hydrogens is 456 g/mol. The zero-order chi connectivity index (χ0) is 24.9. The van der Waals surface area contributed by atoms with E-state index in [4.69, 9.17) is 4.74 Å². The average molecular weight is 484 g/mol. The number of nitrogens with zero attached hydrogens (tertiary/aromatic N) is 1. The summed E-state index contributed by atoms with van der Waals surface area (Å²) in [6.45, 7) is 0.487. The molecule has 4 aromatic carbocycles. The van der Waals surface area contributed by atoms with Gasteiger partial charge in [0.15, 0.2) is 0 Å². The molecule has 1 N–H and O–H groups in total. The van der Waals surface area contributed by atoms with Crippen molar-refractivity contribution in [2.75, 3.05) is 4.90 Å². The summed E-state index contributed by atoms with van der Waals surface area (Å²) in [5.74, 6) is 0.114. The van der Waals surface area contributed by atoms with Gasteiger partial charge in [-0.3, -0.25) is 0 Å². The van der Waals surface area contributed by atoms with Crippen LogP contribution in [0.25, 0.3) is 6.08 Å². The first-order valence-corrected chi connectivity index (χ1v) is 12.0. The van der Waals surface area contributed by atoms with Crippen molar-refractivity contribution in [2.24, 2.45) is 5.92 Å². The van der Waals surface area contributed by atoms with Crippen LogP contribution in [0.3, 0.4) is 0 Å². The average Bonchev–Trinajstić information content (AvgIpc) is 2.91. The Labute approximate surface area is 209 Å². The molecule has 5 rings (SSSR count). The van der Waals surface area contributed by atoms with Gasteiger partial charge in [-0.25, -0.2) is 8.78 Å². The van der Waals surface area contributed by atoms with Crippen LogP contribution >= 0.6 is 0 Å². The third-order valence-electron chi connectivity index (χ3n) is 6.56. The number of rotatable bonds is 8. The molecular formula is C31H27F2NO2. The van der Waals surface area contributed by atoms with Gasteiger partial charge in [-0.05, 0) is 71.6 Å². The lowest BCUT2D eigenvalue weighted by molar-refractivity contribution is 0.00712. The van der Waals surface area contributed by atoms with Crippen LogP contribution in [-0.2, 0) is 6.61 Å². The highest BCUT2D eigenvalue weighted by Gasteiger charge is 2.47. The van der Waals surface area contributed by atoms with Crippen molar-refractivity contribution in [3.8, 4) is 5.75 Å². The first-order chi connectivity index (χ1) is 17.6. The van der Waals surface area contributed by atoms with Crippen LogP contribution in [0.1, 0.15) is 29.2 Å². The summed E-state index contributed by atoms with van der Waals surface area (Å²) < 4.78 is 32.7. The van der Waals surface area contributed by atoms with Crippen LogP contribution < -0.4 is 9.64 Å². The molecule has 1 aliphatic rings. The van der Waals surface area contributed by atoms with E-state index in [0.29, 0.717) is 13.0 Å². The molecule has 5 heteroatoms. The SMILES string of the molecule is OC1C(CC=Cc2ccc(F)cc2)C(c2ccc(OCc3ccccc3)cc2)N1c1ccc(F)cc1. The molecule has 0 amide bonds. The highest BCUT2D eigenvalue weighted by molar-refractivity contribution is 5.55. The smallest absolute Gasteiger partial charge is 0.132 e. The van der Waals surface area contributed by atoms with Gasteiger partial charge in [-0.1, -0.05) is 66.7 Å². The van der Waals surface area contributed by atoms with Gasteiger partial charge in [0.2, 0.25) is 0 Å². The molecule has 1 heterocycles. The highest BCUT2D eigenvalue weighted by Crippen LogP contribution is 2.48. The third kappa shape index (κ3) is 5.31. The van der Waals surface area contributed by atoms with Gasteiger partial charge < -0.3 is 14.7 Å². The minimum Gasteiger partial charge on any atom is -0.489 e. The van der Waals surface area contributed by atoms with Gasteiger partial charge in [0.1, 0.15) is 30.2 Å². The van der Waals surface area contributed by atoms with E-state index in [1.54, 1.807) is 24.3 Å². The lowest BCUT2D eigenvalue weighted by Crippen LogP contribution is -2.58. The standard InChI is InChI=1S/C31H27F2NO2/c32-25-13-9-22(10-14-25)7-4-8-29-30(34(31(29)35)27-17-15-26(33)16-18-27)24-11-19-28(20-12-24)36-21-23-5-2-1-3-6-23/h1-7,9-20,29-31,35H,8,21H2. The molecule has 0 aromatic heterocycles. The molecule has 1 fully saturated rings. The van der Waals surface area contributed by atoms with Crippen molar-refractivity contribution >= 4 is 11.8 Å². The maximum absolute atomic E-state index is 13.5. The van der Waals surface area contributed by atoms with Gasteiger partial charge in [0.25, 0.3) is 0 Å². The summed E-state index contributed by atoms with van der Waals surface area (Å²) in [5.41, 5.74) is 3.80. The molecule has 0 bridgehead atoms. The lowest BCUT2D eigenvalue weighted by atomic mass is 9.78. The van der Waals surface area contributed by atoms with Crippen molar-refractivity contribution < 1.29 is 18.6 Å². The molecule has 3 nitrogen and oxygen atoms in total. The number of aliphatic hydroxyl groups is 1. The van der Waals surface area contributed by atoms with E-state index in [1.807, 2.05) is 71.6 Å². The maximum atomic E-state index is 13.5. The number of ether oxygens (including phenoxy) is 1. The fraction of sp³-hybridized carbons (Fsp3) is 0.161. The van der Waals surface area contributed by atoms with Crippen LogP contribution in [0.5, 0.6) is 5.75 Å². The minimum absolute atomic E-state index is 0.0668. The Morgan fingerprint density at radius 1 is 0.778 bits per heavy atom. The Morgan fingerprint density at radius 3 is 2.08 bits per heavy atom. The number of hydrogen-bond donors (Lipinski definition) is 1. The number of hydrogen-bond acceptors (Lipinski definition) is 3. The largest absolute Gasteiger partial charge is 0.489 e. The second-order valence-corrected chi connectivity index (χ2v) is 8.94. The zero-order valence-electron chi connectivity index (χ0n) is 19.7. The van der Waals surface area contributed by atoms with Crippen molar-refractivity contribution in [3.63, 3.8) is 0 Å². The van der Waals surface area contributed by atoms with E-state index in [2.05, 4.69) is 0 Å².